The van der Waals surface area contributed by atoms with Crippen LogP contribution in [0.1, 0.15) is 44.6 Å². The molecule has 1 atom stereocenters. The van der Waals surface area contributed by atoms with Crippen molar-refractivity contribution in [1.82, 2.24) is 9.27 Å². The molecule has 1 aliphatic heterocycles. The van der Waals surface area contributed by atoms with Crippen LogP contribution in [-0.4, -0.2) is 59.7 Å². The van der Waals surface area contributed by atoms with E-state index in [1.165, 1.54) is 11.5 Å². The van der Waals surface area contributed by atoms with Gasteiger partial charge >= 0.3 is 12.1 Å². The van der Waals surface area contributed by atoms with Gasteiger partial charge < -0.3 is 19.3 Å². The minimum atomic E-state index is -0.503. The third-order valence-corrected chi connectivity index (χ3v) is 5.49. The van der Waals surface area contributed by atoms with Crippen molar-refractivity contribution >= 4 is 39.4 Å². The molecule has 1 aromatic carbocycles. The molecule has 1 aliphatic rings. The lowest BCUT2D eigenvalue weighted by Crippen LogP contribution is -2.42. The molecule has 1 aromatic heterocycles. The predicted molar refractivity (Wildman–Crippen MR) is 110 cm³/mol. The highest BCUT2D eigenvalue weighted by atomic mass is 32.1. The fraction of sp³-hybridized carbons (Fsp3) is 0.550. The number of hydrogen-bond acceptors (Lipinski definition) is 7. The molecule has 1 unspecified atom stereocenters. The lowest BCUT2D eigenvalue weighted by Gasteiger charge is -2.28. The molecular formula is C20H27N3O4S. The van der Waals surface area contributed by atoms with E-state index >= 15 is 0 Å². The molecule has 152 valence electrons. The normalized spacial score (nSPS) is 17.0. The lowest BCUT2D eigenvalue weighted by atomic mass is 10.2. The third kappa shape index (κ3) is 4.38. The Bertz CT molecular complexity index is 874. The SMILES string of the molecule is CCOC(=O)c1nsc2cc(N3CCC(N(C)C(=O)OC(C)(C)C)C3)ccc12. The lowest BCUT2D eigenvalue weighted by molar-refractivity contribution is 0.0237. The van der Waals surface area contributed by atoms with E-state index in [4.69, 9.17) is 9.47 Å². The first-order chi connectivity index (χ1) is 13.2. The van der Waals surface area contributed by atoms with Crippen LogP contribution in [0.25, 0.3) is 10.1 Å². The average molecular weight is 406 g/mol. The van der Waals surface area contributed by atoms with Crippen LogP contribution in [0.3, 0.4) is 0 Å². The van der Waals surface area contributed by atoms with Crippen molar-refractivity contribution < 1.29 is 19.1 Å². The molecule has 2 heterocycles. The Morgan fingerprint density at radius 1 is 1.36 bits per heavy atom. The molecule has 1 saturated heterocycles. The molecule has 3 rings (SSSR count). The maximum absolute atomic E-state index is 12.3. The summed E-state index contributed by atoms with van der Waals surface area (Å²) < 4.78 is 15.8. The molecule has 7 nitrogen and oxygen atoms in total. The second-order valence-corrected chi connectivity index (χ2v) is 8.72. The van der Waals surface area contributed by atoms with Crippen LogP contribution in [0.5, 0.6) is 0 Å². The number of aromatic nitrogens is 1. The quantitative estimate of drug-likeness (QED) is 0.718. The van der Waals surface area contributed by atoms with Crippen molar-refractivity contribution in [2.75, 3.05) is 31.6 Å². The summed E-state index contributed by atoms with van der Waals surface area (Å²) in [7, 11) is 1.79. The van der Waals surface area contributed by atoms with Crippen LogP contribution in [0.2, 0.25) is 0 Å². The molecular weight excluding hydrogens is 378 g/mol. The van der Waals surface area contributed by atoms with Crippen molar-refractivity contribution in [1.29, 1.82) is 0 Å². The van der Waals surface area contributed by atoms with Crippen molar-refractivity contribution in [3.8, 4) is 0 Å². The van der Waals surface area contributed by atoms with Gasteiger partial charge in [0, 0.05) is 31.2 Å². The molecule has 1 fully saturated rings. The van der Waals surface area contributed by atoms with Crippen LogP contribution in [-0.2, 0) is 9.47 Å². The summed E-state index contributed by atoms with van der Waals surface area (Å²) in [5, 5.41) is 0.814. The van der Waals surface area contributed by atoms with Crippen molar-refractivity contribution in [2.24, 2.45) is 0 Å². The minimum absolute atomic E-state index is 0.0992. The Morgan fingerprint density at radius 2 is 2.11 bits per heavy atom. The summed E-state index contributed by atoms with van der Waals surface area (Å²) in [6, 6.07) is 6.06. The highest BCUT2D eigenvalue weighted by Crippen LogP contribution is 2.30. The van der Waals surface area contributed by atoms with Crippen LogP contribution in [0, 0.1) is 0 Å². The van der Waals surface area contributed by atoms with E-state index in [0.29, 0.717) is 12.3 Å². The van der Waals surface area contributed by atoms with E-state index in [-0.39, 0.29) is 18.1 Å². The maximum Gasteiger partial charge on any atom is 0.410 e. The Labute approximate surface area is 169 Å². The maximum atomic E-state index is 12.3. The molecule has 2 aromatic rings. The van der Waals surface area contributed by atoms with E-state index < -0.39 is 5.60 Å². The van der Waals surface area contributed by atoms with Gasteiger partial charge in [-0.3, -0.25) is 0 Å². The zero-order valence-corrected chi connectivity index (χ0v) is 17.8. The van der Waals surface area contributed by atoms with E-state index in [9.17, 15) is 9.59 Å². The molecule has 1 amide bonds. The summed E-state index contributed by atoms with van der Waals surface area (Å²) in [5.41, 5.74) is 0.932. The van der Waals surface area contributed by atoms with Gasteiger partial charge in [-0.2, -0.15) is 4.37 Å². The monoisotopic (exact) mass is 405 g/mol. The number of amides is 1. The number of carbonyl (C=O) groups is 2. The summed E-state index contributed by atoms with van der Waals surface area (Å²) >= 11 is 1.30. The second kappa shape index (κ2) is 7.95. The number of benzene rings is 1. The summed E-state index contributed by atoms with van der Waals surface area (Å²) in [4.78, 5) is 28.3. The minimum Gasteiger partial charge on any atom is -0.461 e. The number of fused-ring (bicyclic) bond motifs is 1. The highest BCUT2D eigenvalue weighted by Gasteiger charge is 2.31. The molecule has 0 radical (unpaired) electrons. The standard InChI is InChI=1S/C20H27N3O4S/c1-6-26-18(24)17-15-8-7-13(11-16(15)28-21-17)23-10-9-14(12-23)22(5)19(25)27-20(2,3)4/h7-8,11,14H,6,9-10,12H2,1-5H3. The Balaban J connectivity index is 1.70. The van der Waals surface area contributed by atoms with E-state index in [0.717, 1.165) is 35.3 Å². The molecule has 0 N–H and O–H groups in total. The van der Waals surface area contributed by atoms with E-state index in [1.54, 1.807) is 18.9 Å². The molecule has 0 aliphatic carbocycles. The van der Waals surface area contributed by atoms with Gasteiger partial charge in [0.2, 0.25) is 0 Å². The Kier molecular flexibility index (Phi) is 5.79. The van der Waals surface area contributed by atoms with Gasteiger partial charge in [-0.1, -0.05) is 0 Å². The van der Waals surface area contributed by atoms with Gasteiger partial charge in [0.25, 0.3) is 0 Å². The molecule has 0 bridgehead atoms. The molecule has 8 heteroatoms. The van der Waals surface area contributed by atoms with Crippen molar-refractivity contribution in [2.45, 2.75) is 45.8 Å². The number of nitrogens with zero attached hydrogens (tertiary/aromatic N) is 3. The van der Waals surface area contributed by atoms with Gasteiger partial charge in [0.15, 0.2) is 5.69 Å². The fourth-order valence-corrected chi connectivity index (χ4v) is 4.04. The number of ether oxygens (including phenoxy) is 2. The number of anilines is 1. The van der Waals surface area contributed by atoms with Gasteiger partial charge in [-0.05, 0) is 63.8 Å². The summed E-state index contributed by atoms with van der Waals surface area (Å²) in [6.07, 6.45) is 0.584. The number of esters is 1. The number of carbonyl (C=O) groups excluding carboxylic acids is 2. The second-order valence-electron chi connectivity index (χ2n) is 7.91. The van der Waals surface area contributed by atoms with Gasteiger partial charge in [-0.25, -0.2) is 9.59 Å². The molecule has 28 heavy (non-hydrogen) atoms. The van der Waals surface area contributed by atoms with E-state index in [2.05, 4.69) is 9.27 Å². The fourth-order valence-electron chi connectivity index (χ4n) is 3.25. The first-order valence-corrected chi connectivity index (χ1v) is 10.2. The summed E-state index contributed by atoms with van der Waals surface area (Å²) in [6.45, 7) is 9.31. The van der Waals surface area contributed by atoms with Gasteiger partial charge in [0.1, 0.15) is 5.60 Å². The van der Waals surface area contributed by atoms with E-state index in [1.807, 2.05) is 39.0 Å². The smallest absolute Gasteiger partial charge is 0.410 e. The number of likely N-dealkylation sites (N-methyl/N-ethyl adjacent to an activating group) is 1. The first-order valence-electron chi connectivity index (χ1n) is 9.47. The predicted octanol–water partition coefficient (Wildman–Crippen LogP) is 3.92. The first kappa shape index (κ1) is 20.4. The molecule has 0 saturated carbocycles. The zero-order valence-electron chi connectivity index (χ0n) is 17.0. The summed E-state index contributed by atoms with van der Waals surface area (Å²) in [5.74, 6) is -0.387. The van der Waals surface area contributed by atoms with Crippen LogP contribution < -0.4 is 4.90 Å². The van der Waals surface area contributed by atoms with Crippen LogP contribution >= 0.6 is 11.5 Å². The molecule has 0 spiro atoms. The highest BCUT2D eigenvalue weighted by molar-refractivity contribution is 7.13. The number of rotatable bonds is 4. The number of hydrogen-bond donors (Lipinski definition) is 0. The van der Waals surface area contributed by atoms with Crippen molar-refractivity contribution in [3.05, 3.63) is 23.9 Å². The zero-order chi connectivity index (χ0) is 20.5. The third-order valence-electron chi connectivity index (χ3n) is 4.68. The van der Waals surface area contributed by atoms with Gasteiger partial charge in [0.05, 0.1) is 17.3 Å². The van der Waals surface area contributed by atoms with Crippen LogP contribution in [0.15, 0.2) is 18.2 Å². The Hall–Kier alpha value is -2.35. The largest absolute Gasteiger partial charge is 0.461 e. The van der Waals surface area contributed by atoms with Crippen LogP contribution in [0.4, 0.5) is 10.5 Å². The van der Waals surface area contributed by atoms with Crippen molar-refractivity contribution in [3.63, 3.8) is 0 Å². The van der Waals surface area contributed by atoms with Gasteiger partial charge in [-0.15, -0.1) is 0 Å². The average Bonchev–Trinajstić information content (AvgIpc) is 3.26. The topological polar surface area (TPSA) is 72.0 Å². The Morgan fingerprint density at radius 3 is 2.79 bits per heavy atom.